The van der Waals surface area contributed by atoms with E-state index < -0.39 is 24.2 Å². The second-order valence-electron chi connectivity index (χ2n) is 3.58. The average Bonchev–Trinajstić information content (AvgIpc) is 2.36. The lowest BCUT2D eigenvalue weighted by molar-refractivity contribution is -0.124. The average molecular weight is 234 g/mol. The van der Waals surface area contributed by atoms with Gasteiger partial charge in [-0.15, -0.1) is 9.81 Å². The van der Waals surface area contributed by atoms with Crippen molar-refractivity contribution in [1.29, 1.82) is 0 Å². The highest BCUT2D eigenvalue weighted by atomic mass is 16.3. The maximum absolute atomic E-state index is 11.3. The molecule has 0 aliphatic heterocycles. The fourth-order valence-corrected chi connectivity index (χ4v) is 1.42. The zero-order chi connectivity index (χ0) is 12.8. The minimum atomic E-state index is -1.03. The minimum Gasteiger partial charge on any atom is -0.269 e. The quantitative estimate of drug-likeness (QED) is 0.745. The molecule has 1 unspecified atom stereocenters. The summed E-state index contributed by atoms with van der Waals surface area (Å²) in [6.07, 6.45) is -0.433. The Hall–Kier alpha value is -2.24. The number of hydrogen-bond acceptors (Lipinski definition) is 4. The summed E-state index contributed by atoms with van der Waals surface area (Å²) < 4.78 is 0. The van der Waals surface area contributed by atoms with E-state index >= 15 is 0 Å². The molecule has 2 amide bonds. The highest BCUT2D eigenvalue weighted by Crippen LogP contribution is 2.22. The molecule has 0 aromatic heterocycles. The molecule has 0 aliphatic rings. The second-order valence-corrected chi connectivity index (χ2v) is 3.58. The van der Waals surface area contributed by atoms with E-state index in [1.807, 2.05) is 6.92 Å². The van der Waals surface area contributed by atoms with Crippen molar-refractivity contribution in [2.75, 3.05) is 0 Å². The molecule has 0 radical (unpaired) electrons. The lowest BCUT2D eigenvalue weighted by atomic mass is 9.94. The molecule has 1 rings (SSSR count). The maximum Gasteiger partial charge on any atom is 0.294 e. The first kappa shape index (κ1) is 12.8. The predicted molar refractivity (Wildman–Crippen MR) is 60.1 cm³/mol. The summed E-state index contributed by atoms with van der Waals surface area (Å²) in [4.78, 5) is 42.4. The number of carbonyl (C=O) groups is 2. The summed E-state index contributed by atoms with van der Waals surface area (Å²) >= 11 is 0. The van der Waals surface area contributed by atoms with Gasteiger partial charge in [-0.05, 0) is 12.5 Å². The van der Waals surface area contributed by atoms with Crippen LogP contribution in [0.15, 0.2) is 34.6 Å². The Kier molecular flexibility index (Phi) is 4.33. The van der Waals surface area contributed by atoms with Crippen LogP contribution in [-0.4, -0.2) is 11.8 Å². The Bertz CT molecular complexity index is 453. The van der Waals surface area contributed by atoms with Gasteiger partial charge < -0.3 is 0 Å². The van der Waals surface area contributed by atoms with Crippen LogP contribution in [0.25, 0.3) is 0 Å². The lowest BCUT2D eigenvalue weighted by Crippen LogP contribution is -2.13. The van der Waals surface area contributed by atoms with E-state index in [-0.39, 0.29) is 0 Å². The Labute approximate surface area is 97.0 Å². The molecule has 88 valence electrons. The topological polar surface area (TPSA) is 93.0 Å². The fourth-order valence-electron chi connectivity index (χ4n) is 1.42. The van der Waals surface area contributed by atoms with Crippen LogP contribution in [-0.2, 0) is 9.59 Å². The van der Waals surface area contributed by atoms with E-state index in [2.05, 4.69) is 10.4 Å². The fraction of sp³-hybridized carbons (Fsp3) is 0.273. The zero-order valence-electron chi connectivity index (χ0n) is 9.12. The van der Waals surface area contributed by atoms with Crippen molar-refractivity contribution in [1.82, 2.24) is 0 Å². The van der Waals surface area contributed by atoms with Gasteiger partial charge in [0.15, 0.2) is 0 Å². The summed E-state index contributed by atoms with van der Waals surface area (Å²) in [7, 11) is 0. The number of hydrogen-bond donors (Lipinski definition) is 0. The number of carbonyl (C=O) groups excluding carboxylic acids is 2. The molecule has 0 bridgehead atoms. The van der Waals surface area contributed by atoms with Gasteiger partial charge in [-0.3, -0.25) is 9.59 Å². The van der Waals surface area contributed by atoms with Crippen molar-refractivity contribution in [3.63, 3.8) is 0 Å². The SMILES string of the molecule is Cc1ccc(C(CC(=O)N=O)C(=O)N=O)cc1. The van der Waals surface area contributed by atoms with Gasteiger partial charge in [-0.25, -0.2) is 0 Å². The van der Waals surface area contributed by atoms with Crippen LogP contribution in [0, 0.1) is 16.7 Å². The van der Waals surface area contributed by atoms with Crippen molar-refractivity contribution in [3.8, 4) is 0 Å². The minimum absolute atomic E-state index is 0.433. The van der Waals surface area contributed by atoms with Crippen molar-refractivity contribution in [2.45, 2.75) is 19.3 Å². The molecule has 1 aromatic rings. The third-order valence-corrected chi connectivity index (χ3v) is 2.35. The van der Waals surface area contributed by atoms with Crippen molar-refractivity contribution in [3.05, 3.63) is 45.2 Å². The third-order valence-electron chi connectivity index (χ3n) is 2.35. The van der Waals surface area contributed by atoms with E-state index in [1.165, 1.54) is 0 Å². The molecule has 0 saturated heterocycles. The molecule has 1 atom stereocenters. The second kappa shape index (κ2) is 5.74. The van der Waals surface area contributed by atoms with Crippen LogP contribution in [0.5, 0.6) is 0 Å². The molecule has 17 heavy (non-hydrogen) atoms. The van der Waals surface area contributed by atoms with Gasteiger partial charge in [0.1, 0.15) is 0 Å². The number of benzene rings is 1. The largest absolute Gasteiger partial charge is 0.294 e. The first-order valence-corrected chi connectivity index (χ1v) is 4.88. The highest BCUT2D eigenvalue weighted by Gasteiger charge is 2.24. The Morgan fingerprint density at radius 3 is 2.18 bits per heavy atom. The van der Waals surface area contributed by atoms with E-state index in [4.69, 9.17) is 0 Å². The molecule has 0 heterocycles. The Morgan fingerprint density at radius 2 is 1.71 bits per heavy atom. The highest BCUT2D eigenvalue weighted by molar-refractivity contribution is 5.90. The molecule has 1 aromatic carbocycles. The zero-order valence-corrected chi connectivity index (χ0v) is 9.12. The Balaban J connectivity index is 3.01. The molecular weight excluding hydrogens is 224 g/mol. The van der Waals surface area contributed by atoms with Gasteiger partial charge in [-0.1, -0.05) is 29.8 Å². The van der Waals surface area contributed by atoms with Gasteiger partial charge >= 0.3 is 0 Å². The molecule has 6 nitrogen and oxygen atoms in total. The monoisotopic (exact) mass is 234 g/mol. The van der Waals surface area contributed by atoms with Crippen molar-refractivity contribution in [2.24, 2.45) is 10.4 Å². The van der Waals surface area contributed by atoms with Gasteiger partial charge in [0.25, 0.3) is 11.8 Å². The number of aryl methyl sites for hydroxylation is 1. The maximum atomic E-state index is 11.3. The first-order valence-electron chi connectivity index (χ1n) is 4.88. The van der Waals surface area contributed by atoms with Crippen LogP contribution in [0.2, 0.25) is 0 Å². The number of rotatable bonds is 4. The number of nitrogens with zero attached hydrogens (tertiary/aromatic N) is 2. The van der Waals surface area contributed by atoms with E-state index in [1.54, 1.807) is 24.3 Å². The summed E-state index contributed by atoms with van der Waals surface area (Å²) in [5.41, 5.74) is 1.44. The van der Waals surface area contributed by atoms with Gasteiger partial charge in [0, 0.05) is 16.8 Å². The van der Waals surface area contributed by atoms with E-state index in [0.717, 1.165) is 5.56 Å². The normalized spacial score (nSPS) is 11.6. The van der Waals surface area contributed by atoms with Crippen LogP contribution >= 0.6 is 0 Å². The molecule has 0 N–H and O–H groups in total. The Morgan fingerprint density at radius 1 is 1.12 bits per heavy atom. The van der Waals surface area contributed by atoms with Crippen LogP contribution < -0.4 is 0 Å². The molecule has 0 aliphatic carbocycles. The van der Waals surface area contributed by atoms with Gasteiger partial charge in [0.05, 0.1) is 5.92 Å². The number of amides is 2. The molecule has 0 spiro atoms. The summed E-state index contributed by atoms with van der Waals surface area (Å²) in [6.45, 7) is 1.86. The number of nitroso groups, excluding NO2 is 2. The smallest absolute Gasteiger partial charge is 0.269 e. The first-order chi connectivity index (χ1) is 8.08. The summed E-state index contributed by atoms with van der Waals surface area (Å²) in [5.74, 6) is -2.99. The van der Waals surface area contributed by atoms with Crippen LogP contribution in [0.3, 0.4) is 0 Å². The third kappa shape index (κ3) is 3.37. The van der Waals surface area contributed by atoms with Gasteiger partial charge in [0.2, 0.25) is 0 Å². The van der Waals surface area contributed by atoms with Crippen LogP contribution in [0.1, 0.15) is 23.5 Å². The van der Waals surface area contributed by atoms with Gasteiger partial charge in [-0.2, -0.15) is 0 Å². The summed E-state index contributed by atoms with van der Waals surface area (Å²) in [6, 6.07) is 6.70. The van der Waals surface area contributed by atoms with E-state index in [9.17, 15) is 19.4 Å². The van der Waals surface area contributed by atoms with Crippen molar-refractivity contribution >= 4 is 11.8 Å². The summed E-state index contributed by atoms with van der Waals surface area (Å²) in [5, 5.41) is 4.49. The predicted octanol–water partition coefficient (Wildman–Crippen LogP) is 2.05. The van der Waals surface area contributed by atoms with E-state index in [0.29, 0.717) is 5.56 Å². The van der Waals surface area contributed by atoms with Crippen LogP contribution in [0.4, 0.5) is 0 Å². The molecular formula is C11H10N2O4. The standard InChI is InChI=1S/C11H10N2O4/c1-7-2-4-8(5-3-7)9(11(15)13-17)6-10(14)12-16/h2-5,9H,6H2,1H3. The molecule has 0 saturated carbocycles. The molecule has 6 heteroatoms. The molecule has 0 fully saturated rings. The lowest BCUT2D eigenvalue weighted by Gasteiger charge is -2.09. The van der Waals surface area contributed by atoms with Crippen molar-refractivity contribution < 1.29 is 9.59 Å².